The Labute approximate surface area is 135 Å². The topological polar surface area (TPSA) is 35.6 Å². The number of hydrogen-bond acceptors (Lipinski definition) is 2. The van der Waals surface area contributed by atoms with Gasteiger partial charge in [0.1, 0.15) is 0 Å². The van der Waals surface area contributed by atoms with Gasteiger partial charge in [-0.25, -0.2) is 4.79 Å². The Morgan fingerprint density at radius 2 is 1.81 bits per heavy atom. The third kappa shape index (κ3) is 4.20. The fraction of sp³-hybridized carbons (Fsp3) is 0.562. The first-order valence-corrected chi connectivity index (χ1v) is 8.14. The Hall–Kier alpha value is -1.07. The molecule has 0 aliphatic carbocycles. The van der Waals surface area contributed by atoms with Crippen molar-refractivity contribution >= 4 is 27.6 Å². The van der Waals surface area contributed by atoms with Crippen LogP contribution >= 0.6 is 15.9 Å². The van der Waals surface area contributed by atoms with Crippen molar-refractivity contribution in [2.75, 3.05) is 31.5 Å². The molecule has 1 heterocycles. The number of aryl methyl sites for hydroxylation is 1. The van der Waals surface area contributed by atoms with Gasteiger partial charge in [-0.05, 0) is 51.5 Å². The van der Waals surface area contributed by atoms with Gasteiger partial charge in [0.2, 0.25) is 0 Å². The summed E-state index contributed by atoms with van der Waals surface area (Å²) in [5.74, 6) is 0. The van der Waals surface area contributed by atoms with Crippen LogP contribution in [0.25, 0.3) is 0 Å². The molecule has 0 aromatic heterocycles. The van der Waals surface area contributed by atoms with Gasteiger partial charge in [0.15, 0.2) is 0 Å². The van der Waals surface area contributed by atoms with Gasteiger partial charge in [0, 0.05) is 41.9 Å². The highest BCUT2D eigenvalue weighted by Gasteiger charge is 2.27. The van der Waals surface area contributed by atoms with Crippen molar-refractivity contribution in [2.24, 2.45) is 0 Å². The number of urea groups is 1. The van der Waals surface area contributed by atoms with Crippen LogP contribution in [0.5, 0.6) is 0 Å². The van der Waals surface area contributed by atoms with Gasteiger partial charge in [0.25, 0.3) is 0 Å². The maximum atomic E-state index is 12.3. The van der Waals surface area contributed by atoms with E-state index in [-0.39, 0.29) is 11.6 Å². The summed E-state index contributed by atoms with van der Waals surface area (Å²) in [6.07, 6.45) is 0. The lowest BCUT2D eigenvalue weighted by Gasteiger charge is -2.42. The molecule has 4 nitrogen and oxygen atoms in total. The van der Waals surface area contributed by atoms with E-state index in [1.807, 2.05) is 30.0 Å². The Kier molecular flexibility index (Phi) is 4.94. The van der Waals surface area contributed by atoms with Crippen molar-refractivity contribution in [1.82, 2.24) is 9.80 Å². The number of carbonyl (C=O) groups is 1. The van der Waals surface area contributed by atoms with Gasteiger partial charge in [0.05, 0.1) is 0 Å². The summed E-state index contributed by atoms with van der Waals surface area (Å²) in [7, 11) is 0. The van der Waals surface area contributed by atoms with E-state index in [1.54, 1.807) is 0 Å². The van der Waals surface area contributed by atoms with Gasteiger partial charge in [-0.2, -0.15) is 0 Å². The second-order valence-corrected chi connectivity index (χ2v) is 7.39. The monoisotopic (exact) mass is 353 g/mol. The molecule has 5 heteroatoms. The first kappa shape index (κ1) is 16.3. The Balaban J connectivity index is 1.92. The molecule has 116 valence electrons. The van der Waals surface area contributed by atoms with E-state index >= 15 is 0 Å². The predicted molar refractivity (Wildman–Crippen MR) is 90.8 cm³/mol. The summed E-state index contributed by atoms with van der Waals surface area (Å²) < 4.78 is 1.05. The molecule has 2 rings (SSSR count). The molecular formula is C16H24BrN3O. The van der Waals surface area contributed by atoms with E-state index in [9.17, 15) is 4.79 Å². The Morgan fingerprint density at radius 1 is 1.19 bits per heavy atom. The van der Waals surface area contributed by atoms with Crippen LogP contribution in [0, 0.1) is 6.92 Å². The first-order chi connectivity index (χ1) is 9.77. The van der Waals surface area contributed by atoms with E-state index in [4.69, 9.17) is 0 Å². The molecular weight excluding hydrogens is 330 g/mol. The van der Waals surface area contributed by atoms with Gasteiger partial charge in [-0.1, -0.05) is 15.9 Å². The molecule has 0 saturated carbocycles. The largest absolute Gasteiger partial charge is 0.322 e. The molecule has 1 saturated heterocycles. The molecule has 1 aliphatic rings. The molecule has 1 N–H and O–H groups in total. The number of nitrogens with zero attached hydrogens (tertiary/aromatic N) is 2. The second kappa shape index (κ2) is 6.36. The zero-order valence-electron chi connectivity index (χ0n) is 13.2. The maximum Gasteiger partial charge on any atom is 0.321 e. The average molecular weight is 354 g/mol. The number of amides is 2. The van der Waals surface area contributed by atoms with Crippen LogP contribution in [0.1, 0.15) is 26.3 Å². The number of anilines is 1. The molecule has 2 amide bonds. The van der Waals surface area contributed by atoms with Crippen molar-refractivity contribution in [3.05, 3.63) is 28.2 Å². The third-order valence-electron chi connectivity index (χ3n) is 3.92. The summed E-state index contributed by atoms with van der Waals surface area (Å²) in [6, 6.07) is 5.85. The number of rotatable bonds is 1. The highest BCUT2D eigenvalue weighted by Crippen LogP contribution is 2.21. The van der Waals surface area contributed by atoms with Gasteiger partial charge >= 0.3 is 6.03 Å². The zero-order valence-corrected chi connectivity index (χ0v) is 14.8. The molecule has 0 radical (unpaired) electrons. The minimum atomic E-state index is -0.00900. The summed E-state index contributed by atoms with van der Waals surface area (Å²) in [5.41, 5.74) is 2.13. The molecule has 1 aromatic rings. The minimum absolute atomic E-state index is 0.00900. The molecule has 0 unspecified atom stereocenters. The van der Waals surface area contributed by atoms with Crippen LogP contribution in [-0.4, -0.2) is 47.5 Å². The minimum Gasteiger partial charge on any atom is -0.322 e. The van der Waals surface area contributed by atoms with E-state index in [0.29, 0.717) is 0 Å². The number of piperazine rings is 1. The number of hydrogen-bond donors (Lipinski definition) is 1. The average Bonchev–Trinajstić information content (AvgIpc) is 2.42. The molecule has 1 aromatic carbocycles. The van der Waals surface area contributed by atoms with Crippen LogP contribution in [0.4, 0.5) is 10.5 Å². The van der Waals surface area contributed by atoms with Crippen molar-refractivity contribution < 1.29 is 4.79 Å². The number of nitrogens with one attached hydrogen (secondary N) is 1. The van der Waals surface area contributed by atoms with Crippen LogP contribution in [0.2, 0.25) is 0 Å². The molecule has 0 spiro atoms. The second-order valence-electron chi connectivity index (χ2n) is 6.54. The SMILES string of the molecule is Cc1cc(NC(=O)N2CCN(C(C)(C)C)CC2)ccc1Br. The fourth-order valence-electron chi connectivity index (χ4n) is 2.51. The predicted octanol–water partition coefficient (Wildman–Crippen LogP) is 3.71. The van der Waals surface area contributed by atoms with E-state index in [0.717, 1.165) is 41.9 Å². The smallest absolute Gasteiger partial charge is 0.321 e. The number of halogens is 1. The fourth-order valence-corrected chi connectivity index (χ4v) is 2.75. The van der Waals surface area contributed by atoms with E-state index < -0.39 is 0 Å². The Morgan fingerprint density at radius 3 is 2.33 bits per heavy atom. The quantitative estimate of drug-likeness (QED) is 0.835. The summed E-state index contributed by atoms with van der Waals surface area (Å²) in [4.78, 5) is 16.6. The normalized spacial score (nSPS) is 16.9. The third-order valence-corrected chi connectivity index (χ3v) is 4.81. The van der Waals surface area contributed by atoms with E-state index in [2.05, 4.69) is 46.9 Å². The maximum absolute atomic E-state index is 12.3. The lowest BCUT2D eigenvalue weighted by molar-refractivity contribution is 0.0774. The van der Waals surface area contributed by atoms with E-state index in [1.165, 1.54) is 0 Å². The standard InChI is InChI=1S/C16H24BrN3O/c1-12-11-13(5-6-14(12)17)18-15(21)19-7-9-20(10-8-19)16(2,3)4/h5-6,11H,7-10H2,1-4H3,(H,18,21). The lowest BCUT2D eigenvalue weighted by Crippen LogP contribution is -2.55. The van der Waals surface area contributed by atoms with Crippen LogP contribution in [0.15, 0.2) is 22.7 Å². The number of benzene rings is 1. The van der Waals surface area contributed by atoms with Crippen molar-refractivity contribution in [3.8, 4) is 0 Å². The van der Waals surface area contributed by atoms with Gasteiger partial charge in [-0.15, -0.1) is 0 Å². The highest BCUT2D eigenvalue weighted by molar-refractivity contribution is 9.10. The summed E-state index contributed by atoms with van der Waals surface area (Å²) >= 11 is 3.47. The molecule has 1 aliphatic heterocycles. The van der Waals surface area contributed by atoms with Crippen molar-refractivity contribution in [2.45, 2.75) is 33.2 Å². The molecule has 0 bridgehead atoms. The summed E-state index contributed by atoms with van der Waals surface area (Å²) in [6.45, 7) is 12.1. The van der Waals surface area contributed by atoms with Crippen LogP contribution < -0.4 is 5.32 Å². The lowest BCUT2D eigenvalue weighted by atomic mass is 10.1. The highest BCUT2D eigenvalue weighted by atomic mass is 79.9. The van der Waals surface area contributed by atoms with Gasteiger partial charge < -0.3 is 10.2 Å². The zero-order chi connectivity index (χ0) is 15.6. The number of carbonyl (C=O) groups excluding carboxylic acids is 1. The van der Waals surface area contributed by atoms with Crippen LogP contribution in [-0.2, 0) is 0 Å². The molecule has 21 heavy (non-hydrogen) atoms. The van der Waals surface area contributed by atoms with Crippen LogP contribution in [0.3, 0.4) is 0 Å². The van der Waals surface area contributed by atoms with Crippen molar-refractivity contribution in [3.63, 3.8) is 0 Å². The first-order valence-electron chi connectivity index (χ1n) is 7.34. The molecule has 0 atom stereocenters. The Bertz CT molecular complexity index is 517. The molecule has 1 fully saturated rings. The van der Waals surface area contributed by atoms with Crippen molar-refractivity contribution in [1.29, 1.82) is 0 Å². The summed E-state index contributed by atoms with van der Waals surface area (Å²) in [5, 5.41) is 2.98. The van der Waals surface area contributed by atoms with Gasteiger partial charge in [-0.3, -0.25) is 4.90 Å².